The van der Waals surface area contributed by atoms with Crippen molar-refractivity contribution in [3.63, 3.8) is 0 Å². The van der Waals surface area contributed by atoms with Gasteiger partial charge in [-0.2, -0.15) is 0 Å². The number of carbonyl (C=O) groups is 2. The van der Waals surface area contributed by atoms with Crippen LogP contribution in [0.4, 0.5) is 0 Å². The molecule has 0 aromatic carbocycles. The van der Waals surface area contributed by atoms with Gasteiger partial charge >= 0.3 is 5.97 Å². The van der Waals surface area contributed by atoms with Crippen molar-refractivity contribution in [1.82, 2.24) is 0 Å². The Labute approximate surface area is 204 Å². The van der Waals surface area contributed by atoms with Crippen LogP contribution in [0.3, 0.4) is 0 Å². The fourth-order valence-corrected chi connectivity index (χ4v) is 10.8. The van der Waals surface area contributed by atoms with Gasteiger partial charge in [0, 0.05) is 18.8 Å². The Morgan fingerprint density at radius 3 is 2.24 bits per heavy atom. The van der Waals surface area contributed by atoms with E-state index in [2.05, 4.69) is 27.7 Å². The zero-order chi connectivity index (χ0) is 24.1. The van der Waals surface area contributed by atoms with E-state index in [0.29, 0.717) is 12.4 Å². The van der Waals surface area contributed by atoms with Crippen LogP contribution in [0.15, 0.2) is 0 Å². The predicted octanol–water partition coefficient (Wildman–Crippen LogP) is 7.46. The normalized spacial score (nSPS) is 31.0. The Bertz CT molecular complexity index is 657. The molecule has 3 aliphatic rings. The van der Waals surface area contributed by atoms with Crippen LogP contribution >= 0.6 is 0 Å². The zero-order valence-corrected chi connectivity index (χ0v) is 23.2. The fourth-order valence-electron chi connectivity index (χ4n) is 7.63. The molecular formula is C28H50O4Si. The van der Waals surface area contributed by atoms with Crippen LogP contribution in [0.25, 0.3) is 0 Å². The molecule has 0 bridgehead atoms. The summed E-state index contributed by atoms with van der Waals surface area (Å²) in [5, 5.41) is 0. The Morgan fingerprint density at radius 1 is 1.00 bits per heavy atom. The van der Waals surface area contributed by atoms with E-state index in [9.17, 15) is 9.59 Å². The SMILES string of the molecule is CC[Si](CC)(CC)OC1(CCOC(=O)[C@@H](C)[C@H]2CC[C@H]3C(=O)CCC[C@]23C)CCCCCC1. The highest BCUT2D eigenvalue weighted by molar-refractivity contribution is 6.73. The van der Waals surface area contributed by atoms with E-state index in [1.807, 2.05) is 6.92 Å². The number of carbonyl (C=O) groups excluding carboxylic acids is 2. The molecule has 0 aliphatic heterocycles. The second-order valence-corrected chi connectivity index (χ2v) is 16.4. The van der Waals surface area contributed by atoms with Gasteiger partial charge in [0.1, 0.15) is 5.78 Å². The maximum atomic E-state index is 13.2. The minimum atomic E-state index is -1.73. The van der Waals surface area contributed by atoms with Gasteiger partial charge in [0.2, 0.25) is 0 Å². The first-order valence-corrected chi connectivity index (χ1v) is 16.7. The van der Waals surface area contributed by atoms with Gasteiger partial charge in [0.25, 0.3) is 0 Å². The smallest absolute Gasteiger partial charge is 0.308 e. The number of ketones is 1. The minimum absolute atomic E-state index is 0.0199. The van der Waals surface area contributed by atoms with Crippen molar-refractivity contribution in [3.8, 4) is 0 Å². The standard InChI is InChI=1S/C28H50O4Si/c1-6-33(7-2,8-3)32-28(18-11-9-10-12-19-28)20-21-31-26(30)22(4)23-15-16-24-25(29)14-13-17-27(23,24)5/h22-24H,6-21H2,1-5H3/t22-,23+,24-,27+/m0/s1. The highest BCUT2D eigenvalue weighted by Crippen LogP contribution is 2.56. The van der Waals surface area contributed by atoms with Crippen LogP contribution in [0.1, 0.15) is 112 Å². The molecule has 3 fully saturated rings. The van der Waals surface area contributed by atoms with Gasteiger partial charge in [-0.15, -0.1) is 0 Å². The number of fused-ring (bicyclic) bond motifs is 1. The summed E-state index contributed by atoms with van der Waals surface area (Å²) < 4.78 is 13.1. The van der Waals surface area contributed by atoms with Crippen LogP contribution < -0.4 is 0 Å². The van der Waals surface area contributed by atoms with E-state index in [1.54, 1.807) is 0 Å². The fraction of sp³-hybridized carbons (Fsp3) is 0.929. The predicted molar refractivity (Wildman–Crippen MR) is 137 cm³/mol. The summed E-state index contributed by atoms with van der Waals surface area (Å²) in [7, 11) is -1.73. The second kappa shape index (κ2) is 11.4. The molecule has 0 heterocycles. The van der Waals surface area contributed by atoms with E-state index in [4.69, 9.17) is 9.16 Å². The molecule has 0 aromatic rings. The molecule has 190 valence electrons. The van der Waals surface area contributed by atoms with E-state index in [1.165, 1.54) is 43.8 Å². The summed E-state index contributed by atoms with van der Waals surface area (Å²) in [6, 6.07) is 3.50. The highest BCUT2D eigenvalue weighted by atomic mass is 28.4. The van der Waals surface area contributed by atoms with Crippen LogP contribution in [-0.2, 0) is 18.8 Å². The first kappa shape index (κ1) is 26.9. The summed E-state index contributed by atoms with van der Waals surface area (Å²) in [6.45, 7) is 11.7. The molecule has 0 unspecified atom stereocenters. The maximum Gasteiger partial charge on any atom is 0.308 e. The number of hydrogen-bond donors (Lipinski definition) is 0. The lowest BCUT2D eigenvalue weighted by atomic mass is 9.62. The van der Waals surface area contributed by atoms with Gasteiger partial charge in [-0.3, -0.25) is 9.59 Å². The van der Waals surface area contributed by atoms with E-state index in [0.717, 1.165) is 51.4 Å². The quantitative estimate of drug-likeness (QED) is 0.186. The Balaban J connectivity index is 1.62. The molecule has 3 saturated carbocycles. The third kappa shape index (κ3) is 5.77. The molecule has 3 rings (SSSR count). The molecule has 0 saturated heterocycles. The van der Waals surface area contributed by atoms with Gasteiger partial charge < -0.3 is 9.16 Å². The first-order valence-electron chi connectivity index (χ1n) is 14.1. The molecule has 0 spiro atoms. The van der Waals surface area contributed by atoms with Crippen LogP contribution in [0.2, 0.25) is 18.1 Å². The van der Waals surface area contributed by atoms with Crippen molar-refractivity contribution < 1.29 is 18.8 Å². The minimum Gasteiger partial charge on any atom is -0.465 e. The Hall–Kier alpha value is -0.683. The van der Waals surface area contributed by atoms with E-state index >= 15 is 0 Å². The molecule has 4 atom stereocenters. The zero-order valence-electron chi connectivity index (χ0n) is 22.2. The van der Waals surface area contributed by atoms with Crippen molar-refractivity contribution in [3.05, 3.63) is 0 Å². The number of Topliss-reactive ketones (excluding diaryl/α,β-unsaturated/α-hetero) is 1. The molecule has 0 radical (unpaired) electrons. The lowest BCUT2D eigenvalue weighted by molar-refractivity contribution is -0.154. The molecule has 33 heavy (non-hydrogen) atoms. The average molecular weight is 479 g/mol. The van der Waals surface area contributed by atoms with E-state index in [-0.39, 0.29) is 34.7 Å². The molecular weight excluding hydrogens is 428 g/mol. The van der Waals surface area contributed by atoms with Crippen molar-refractivity contribution in [1.29, 1.82) is 0 Å². The van der Waals surface area contributed by atoms with Gasteiger partial charge in [-0.1, -0.05) is 60.3 Å². The van der Waals surface area contributed by atoms with Gasteiger partial charge in [0.05, 0.1) is 18.1 Å². The molecule has 0 aromatic heterocycles. The second-order valence-electron chi connectivity index (χ2n) is 11.7. The largest absolute Gasteiger partial charge is 0.465 e. The third-order valence-electron chi connectivity index (χ3n) is 10.1. The molecule has 3 aliphatic carbocycles. The van der Waals surface area contributed by atoms with Gasteiger partial charge in [-0.05, 0) is 68.0 Å². The number of ether oxygens (including phenoxy) is 1. The lowest BCUT2D eigenvalue weighted by Crippen LogP contribution is -2.48. The summed E-state index contributed by atoms with van der Waals surface area (Å²) >= 11 is 0. The van der Waals surface area contributed by atoms with Crippen molar-refractivity contribution in [2.75, 3.05) is 6.61 Å². The summed E-state index contributed by atoms with van der Waals surface area (Å²) in [5.41, 5.74) is -0.123. The molecule has 0 N–H and O–H groups in total. The van der Waals surface area contributed by atoms with Gasteiger partial charge in [-0.25, -0.2) is 0 Å². The maximum absolute atomic E-state index is 13.2. The number of rotatable bonds is 10. The van der Waals surface area contributed by atoms with Crippen molar-refractivity contribution in [2.24, 2.45) is 23.2 Å². The Kier molecular flexibility index (Phi) is 9.27. The van der Waals surface area contributed by atoms with Crippen molar-refractivity contribution >= 4 is 20.1 Å². The van der Waals surface area contributed by atoms with Crippen LogP contribution in [0.5, 0.6) is 0 Å². The van der Waals surface area contributed by atoms with Crippen molar-refractivity contribution in [2.45, 2.75) is 135 Å². The topological polar surface area (TPSA) is 52.6 Å². The van der Waals surface area contributed by atoms with Crippen LogP contribution in [0, 0.1) is 23.2 Å². The summed E-state index contributed by atoms with van der Waals surface area (Å²) in [4.78, 5) is 25.6. The lowest BCUT2D eigenvalue weighted by Gasteiger charge is -2.43. The summed E-state index contributed by atoms with van der Waals surface area (Å²) in [5.74, 6) is 0.655. The monoisotopic (exact) mass is 478 g/mol. The van der Waals surface area contributed by atoms with E-state index < -0.39 is 8.32 Å². The van der Waals surface area contributed by atoms with Gasteiger partial charge in [0.15, 0.2) is 8.32 Å². The average Bonchev–Trinajstić information content (AvgIpc) is 3.01. The Morgan fingerprint density at radius 2 is 1.64 bits per heavy atom. The first-order chi connectivity index (χ1) is 15.7. The summed E-state index contributed by atoms with van der Waals surface area (Å²) in [6.07, 6.45) is 12.8. The molecule has 4 nitrogen and oxygen atoms in total. The molecule has 0 amide bonds. The third-order valence-corrected chi connectivity index (χ3v) is 14.8. The number of hydrogen-bond acceptors (Lipinski definition) is 4. The number of esters is 1. The van der Waals surface area contributed by atoms with Crippen LogP contribution in [-0.4, -0.2) is 32.3 Å². The molecule has 5 heteroatoms. The highest BCUT2D eigenvalue weighted by Gasteiger charge is 2.53.